The van der Waals surface area contributed by atoms with Crippen LogP contribution in [0.1, 0.15) is 0 Å². The van der Waals surface area contributed by atoms with E-state index in [1.165, 1.54) is 0 Å². The van der Waals surface area contributed by atoms with E-state index in [2.05, 4.69) is 10.6 Å². The van der Waals surface area contributed by atoms with E-state index in [0.717, 1.165) is 0 Å². The Labute approximate surface area is 212 Å². The molecule has 0 aliphatic heterocycles. The fourth-order valence-corrected chi connectivity index (χ4v) is 4.41. The summed E-state index contributed by atoms with van der Waals surface area (Å²) in [6, 6.07) is 0. The Morgan fingerprint density at radius 1 is 0.375 bits per heavy atom. The van der Waals surface area contributed by atoms with Crippen molar-refractivity contribution >= 4 is 34.7 Å². The molecular weight excluding hydrogens is 688 g/mol. The van der Waals surface area contributed by atoms with Crippen LogP contribution in [-0.4, -0.2) is 71.7 Å². The van der Waals surface area contributed by atoms with Crippen molar-refractivity contribution in [3.05, 3.63) is 35.5 Å². The standard InChI is InChI=1S/3C5H2F6O2.Ga/c3*6-4(7,8)2(12)1-3(13)5(9,10)11;/h3*1,12H;/q;;;+3/p-3/b3*2-1-;. The summed E-state index contributed by atoms with van der Waals surface area (Å²) in [5, 5.41) is 0. The van der Waals surface area contributed by atoms with E-state index in [0.29, 0.717) is 0 Å². The molecule has 0 aromatic carbocycles. The average molecular weight is 691 g/mol. The predicted molar refractivity (Wildman–Crippen MR) is 84.6 cm³/mol. The molecule has 6 nitrogen and oxygen atoms in total. The second kappa shape index (κ2) is 12.3. The molecule has 0 unspecified atom stereocenters. The van der Waals surface area contributed by atoms with E-state index in [1.54, 1.807) is 0 Å². The van der Waals surface area contributed by atoms with Crippen molar-refractivity contribution < 1.29 is 104 Å². The molecular formula is C15H3F18GaO6. The molecule has 0 fully saturated rings. The number of rotatable bonds is 9. The first-order valence-electron chi connectivity index (χ1n) is 8.57. The Kier molecular flexibility index (Phi) is 11.3. The molecule has 25 heteroatoms. The molecule has 0 saturated carbocycles. The van der Waals surface area contributed by atoms with E-state index >= 15 is 0 Å². The molecule has 0 heterocycles. The number of carbonyl (C=O) groups is 3. The zero-order valence-corrected chi connectivity index (χ0v) is 20.0. The van der Waals surface area contributed by atoms with Gasteiger partial charge in [0.15, 0.2) is 0 Å². The molecule has 0 radical (unpaired) electrons. The third-order valence-electron chi connectivity index (χ3n) is 3.13. The van der Waals surface area contributed by atoms with Crippen molar-refractivity contribution in [2.24, 2.45) is 0 Å². The van der Waals surface area contributed by atoms with E-state index in [1.807, 2.05) is 0 Å². The van der Waals surface area contributed by atoms with Crippen LogP contribution in [-0.2, 0) is 25.0 Å². The summed E-state index contributed by atoms with van der Waals surface area (Å²) in [7, 11) is 0. The van der Waals surface area contributed by atoms with E-state index in [-0.39, 0.29) is 0 Å². The van der Waals surface area contributed by atoms with Gasteiger partial charge in [-0.15, -0.1) is 0 Å². The third-order valence-corrected chi connectivity index (χ3v) is 5.94. The quantitative estimate of drug-likeness (QED) is 0.133. The molecule has 0 N–H and O–H groups in total. The predicted octanol–water partition coefficient (Wildman–Crippen LogP) is 5.75. The monoisotopic (exact) mass is 690 g/mol. The Morgan fingerprint density at radius 3 is 0.675 bits per heavy atom. The molecule has 40 heavy (non-hydrogen) atoms. The molecule has 0 saturated heterocycles. The van der Waals surface area contributed by atoms with E-state index in [9.17, 15) is 93.4 Å². The molecule has 0 amide bonds. The van der Waals surface area contributed by atoms with Gasteiger partial charge in [0.2, 0.25) is 0 Å². The fourth-order valence-electron chi connectivity index (χ4n) is 1.53. The number of alkyl halides is 18. The number of hydrogen-bond acceptors (Lipinski definition) is 6. The number of hydrogen-bond donors (Lipinski definition) is 0. The van der Waals surface area contributed by atoms with E-state index in [4.69, 9.17) is 0 Å². The van der Waals surface area contributed by atoms with E-state index < -0.39 is 107 Å². The van der Waals surface area contributed by atoms with Crippen LogP contribution < -0.4 is 0 Å². The van der Waals surface area contributed by atoms with Gasteiger partial charge in [-0.3, -0.25) is 0 Å². The SMILES string of the molecule is O=C(/C=C(\[O][Ga]([O]/C(=C\C(=O)C(F)(F)F)C(F)(F)F)[O]/C(=C\C(=O)C(F)(F)F)C(F)(F)F)C(F)(F)F)C(F)(F)F. The van der Waals surface area contributed by atoms with Gasteiger partial charge in [0, 0.05) is 0 Å². The van der Waals surface area contributed by atoms with Gasteiger partial charge in [0.05, 0.1) is 0 Å². The maximum atomic E-state index is 13.0. The topological polar surface area (TPSA) is 78.9 Å². The van der Waals surface area contributed by atoms with Crippen molar-refractivity contribution in [3.63, 3.8) is 0 Å². The molecule has 0 atom stereocenters. The summed E-state index contributed by atoms with van der Waals surface area (Å²) in [6.07, 6.45) is -42.9. The van der Waals surface area contributed by atoms with Crippen molar-refractivity contribution in [2.75, 3.05) is 0 Å². The van der Waals surface area contributed by atoms with Crippen molar-refractivity contribution in [2.45, 2.75) is 37.1 Å². The van der Waals surface area contributed by atoms with Gasteiger partial charge in [-0.2, -0.15) is 0 Å². The Bertz CT molecular complexity index is 917. The zero-order chi connectivity index (χ0) is 32.3. The van der Waals surface area contributed by atoms with Crippen LogP contribution in [0.25, 0.3) is 0 Å². The Hall–Kier alpha value is -2.99. The fraction of sp³-hybridized carbons (Fsp3) is 0.400. The minimum atomic E-state index is -7.11. The molecule has 0 spiro atoms. The van der Waals surface area contributed by atoms with Crippen LogP contribution in [0, 0.1) is 0 Å². The van der Waals surface area contributed by atoms with Gasteiger partial charge in [-0.1, -0.05) is 0 Å². The summed E-state index contributed by atoms with van der Waals surface area (Å²) in [5.74, 6) is -21.0. The summed E-state index contributed by atoms with van der Waals surface area (Å²) in [6.45, 7) is 0. The van der Waals surface area contributed by atoms with Crippen LogP contribution in [0.4, 0.5) is 79.0 Å². The zero-order valence-electron chi connectivity index (χ0n) is 17.6. The van der Waals surface area contributed by atoms with Crippen LogP contribution in [0.3, 0.4) is 0 Å². The first-order chi connectivity index (χ1) is 17.4. The van der Waals surface area contributed by atoms with Gasteiger partial charge in [-0.05, 0) is 0 Å². The van der Waals surface area contributed by atoms with Crippen LogP contribution in [0.5, 0.6) is 0 Å². The third kappa shape index (κ3) is 12.5. The molecule has 0 aliphatic rings. The summed E-state index contributed by atoms with van der Waals surface area (Å²) in [4.78, 5) is 32.4. The second-order valence-corrected chi connectivity index (χ2v) is 8.94. The molecule has 0 bridgehead atoms. The molecule has 0 rings (SSSR count). The Morgan fingerprint density at radius 2 is 0.550 bits per heavy atom. The van der Waals surface area contributed by atoms with Crippen LogP contribution in [0.15, 0.2) is 35.5 Å². The second-order valence-electron chi connectivity index (χ2n) is 6.25. The molecule has 0 aromatic rings. The van der Waals surface area contributed by atoms with Gasteiger partial charge in [-0.25, -0.2) is 0 Å². The van der Waals surface area contributed by atoms with Gasteiger partial charge < -0.3 is 0 Å². The van der Waals surface area contributed by atoms with Gasteiger partial charge >= 0.3 is 211 Å². The van der Waals surface area contributed by atoms with Crippen molar-refractivity contribution in [1.29, 1.82) is 0 Å². The normalized spacial score (nSPS) is 15.0. The van der Waals surface area contributed by atoms with Gasteiger partial charge in [0.25, 0.3) is 0 Å². The molecule has 228 valence electrons. The van der Waals surface area contributed by atoms with Crippen molar-refractivity contribution in [1.82, 2.24) is 0 Å². The maximum absolute atomic E-state index is 13.0. The number of ketones is 3. The van der Waals surface area contributed by atoms with Crippen LogP contribution in [0.2, 0.25) is 0 Å². The van der Waals surface area contributed by atoms with Gasteiger partial charge in [0.1, 0.15) is 0 Å². The number of allylic oxidation sites excluding steroid dienone is 6. The molecule has 0 aliphatic carbocycles. The average Bonchev–Trinajstić information content (AvgIpc) is 2.67. The first-order valence-corrected chi connectivity index (χ1v) is 11.5. The first kappa shape index (κ1) is 37.0. The summed E-state index contributed by atoms with van der Waals surface area (Å²) < 4.78 is 238. The number of carbonyl (C=O) groups excluding carboxylic acids is 3. The Balaban J connectivity index is 7.14. The summed E-state index contributed by atoms with van der Waals surface area (Å²) >= 11 is -7.11. The summed E-state index contributed by atoms with van der Waals surface area (Å²) in [5.41, 5.74) is 0. The number of halogens is 18. The van der Waals surface area contributed by atoms with Crippen molar-refractivity contribution in [3.8, 4) is 0 Å². The van der Waals surface area contributed by atoms with Crippen LogP contribution >= 0.6 is 0 Å². The molecule has 0 aromatic heterocycles. The minimum absolute atomic E-state index is 1.64.